The molecule has 0 saturated carbocycles. The van der Waals surface area contributed by atoms with Gasteiger partial charge in [-0.2, -0.15) is 0 Å². The molecule has 1 aliphatic carbocycles. The minimum atomic E-state index is -0.569. The molecule has 26 heavy (non-hydrogen) atoms. The van der Waals surface area contributed by atoms with Crippen LogP contribution in [-0.4, -0.2) is 15.8 Å². The minimum Gasteiger partial charge on any atom is -0.393 e. The molecule has 0 radical (unpaired) electrons. The fourth-order valence-corrected chi connectivity index (χ4v) is 4.35. The molecule has 1 N–H and O–H groups in total. The van der Waals surface area contributed by atoms with E-state index in [1.807, 2.05) is 16.7 Å². The Morgan fingerprint density at radius 2 is 1.96 bits per heavy atom. The maximum atomic E-state index is 14.7. The Morgan fingerprint density at radius 3 is 2.65 bits per heavy atom. The largest absolute Gasteiger partial charge is 0.393 e. The third-order valence-electron chi connectivity index (χ3n) is 5.35. The summed E-state index contributed by atoms with van der Waals surface area (Å²) in [7, 11) is 0. The molecule has 0 amide bonds. The number of hydrogen-bond donors (Lipinski definition) is 1. The lowest BCUT2D eigenvalue weighted by Crippen LogP contribution is -2.23. The second kappa shape index (κ2) is 6.67. The summed E-state index contributed by atoms with van der Waals surface area (Å²) in [6.07, 6.45) is 1.97. The topological polar surface area (TPSA) is 25.2 Å². The van der Waals surface area contributed by atoms with Gasteiger partial charge in [0.05, 0.1) is 11.6 Å². The van der Waals surface area contributed by atoms with Crippen molar-refractivity contribution in [1.29, 1.82) is 0 Å². The molecule has 136 valence electrons. The Bertz CT molecular complexity index is 963. The smallest absolute Gasteiger partial charge is 0.150 e. The number of aromatic nitrogens is 1. The van der Waals surface area contributed by atoms with Crippen LogP contribution in [0.1, 0.15) is 42.5 Å². The first kappa shape index (κ1) is 17.5. The Kier molecular flexibility index (Phi) is 4.49. The van der Waals surface area contributed by atoms with Crippen molar-refractivity contribution in [3.05, 3.63) is 69.9 Å². The predicted molar refractivity (Wildman–Crippen MR) is 99.8 cm³/mol. The lowest BCUT2D eigenvalue weighted by atomic mass is 9.83. The molecule has 1 heterocycles. The predicted octanol–water partition coefficient (Wildman–Crippen LogP) is 5.42. The van der Waals surface area contributed by atoms with Crippen LogP contribution in [0, 0.1) is 11.6 Å². The number of aliphatic hydroxyl groups is 1. The van der Waals surface area contributed by atoms with E-state index in [2.05, 4.69) is 0 Å². The molecule has 4 rings (SSSR count). The van der Waals surface area contributed by atoms with E-state index in [1.165, 1.54) is 6.07 Å². The monoisotopic (exact) mass is 375 g/mol. The molecule has 0 aliphatic heterocycles. The van der Waals surface area contributed by atoms with Crippen molar-refractivity contribution in [2.24, 2.45) is 0 Å². The highest BCUT2D eigenvalue weighted by Gasteiger charge is 2.31. The Hall–Kier alpha value is -1.91. The molecule has 2 atom stereocenters. The van der Waals surface area contributed by atoms with Gasteiger partial charge in [0.25, 0.3) is 0 Å². The highest BCUT2D eigenvalue weighted by atomic mass is 35.5. The molecule has 5 heteroatoms. The van der Waals surface area contributed by atoms with Crippen molar-refractivity contribution in [1.82, 2.24) is 4.57 Å². The first-order chi connectivity index (χ1) is 12.5. The Labute approximate surface area is 156 Å². The van der Waals surface area contributed by atoms with Crippen LogP contribution in [0.4, 0.5) is 8.78 Å². The van der Waals surface area contributed by atoms with Crippen molar-refractivity contribution >= 4 is 22.5 Å². The first-order valence-corrected chi connectivity index (χ1v) is 9.26. The van der Waals surface area contributed by atoms with Gasteiger partial charge < -0.3 is 9.67 Å². The van der Waals surface area contributed by atoms with Gasteiger partial charge in [0.2, 0.25) is 0 Å². The van der Waals surface area contributed by atoms with E-state index in [9.17, 15) is 13.9 Å². The zero-order valence-corrected chi connectivity index (χ0v) is 15.2. The SMILES string of the molecule is CC(O)C1CCCc2c1n(Cc1ccc(Cl)cc1)c1c(F)cc(F)cc21. The molecule has 2 nitrogen and oxygen atoms in total. The van der Waals surface area contributed by atoms with Crippen LogP contribution in [0.25, 0.3) is 10.9 Å². The lowest BCUT2D eigenvalue weighted by molar-refractivity contribution is 0.149. The van der Waals surface area contributed by atoms with E-state index in [4.69, 9.17) is 11.6 Å². The summed E-state index contributed by atoms with van der Waals surface area (Å²) in [5.41, 5.74) is 3.29. The third-order valence-corrected chi connectivity index (χ3v) is 5.60. The van der Waals surface area contributed by atoms with Gasteiger partial charge in [0, 0.05) is 34.6 Å². The summed E-state index contributed by atoms with van der Waals surface area (Å²) in [5, 5.41) is 11.6. The number of benzene rings is 2. The van der Waals surface area contributed by atoms with Gasteiger partial charge in [0.1, 0.15) is 11.6 Å². The van der Waals surface area contributed by atoms with E-state index >= 15 is 0 Å². The second-order valence-corrected chi connectivity index (χ2v) is 7.54. The zero-order valence-electron chi connectivity index (χ0n) is 14.5. The van der Waals surface area contributed by atoms with Gasteiger partial charge in [-0.15, -0.1) is 0 Å². The highest BCUT2D eigenvalue weighted by Crippen LogP contribution is 2.41. The lowest BCUT2D eigenvalue weighted by Gasteiger charge is -2.28. The molecule has 0 fully saturated rings. The number of hydrogen-bond acceptors (Lipinski definition) is 1. The third kappa shape index (κ3) is 2.91. The molecular weight excluding hydrogens is 356 g/mol. The van der Waals surface area contributed by atoms with Crippen LogP contribution in [0.3, 0.4) is 0 Å². The van der Waals surface area contributed by atoms with Crippen molar-refractivity contribution in [2.45, 2.75) is 44.8 Å². The first-order valence-electron chi connectivity index (χ1n) is 8.88. The van der Waals surface area contributed by atoms with Crippen molar-refractivity contribution in [2.75, 3.05) is 0 Å². The van der Waals surface area contributed by atoms with Crippen LogP contribution in [0.15, 0.2) is 36.4 Å². The summed E-state index contributed by atoms with van der Waals surface area (Å²) in [6, 6.07) is 9.77. The number of rotatable bonds is 3. The Balaban J connectivity index is 1.97. The zero-order chi connectivity index (χ0) is 18.4. The van der Waals surface area contributed by atoms with Crippen molar-refractivity contribution < 1.29 is 13.9 Å². The quantitative estimate of drug-likeness (QED) is 0.649. The molecule has 0 saturated heterocycles. The number of aliphatic hydroxyl groups excluding tert-OH is 1. The van der Waals surface area contributed by atoms with E-state index in [0.717, 1.165) is 42.1 Å². The van der Waals surface area contributed by atoms with Gasteiger partial charge in [-0.3, -0.25) is 0 Å². The maximum absolute atomic E-state index is 14.7. The minimum absolute atomic E-state index is 0.0825. The number of nitrogens with zero attached hydrogens (tertiary/aromatic N) is 1. The van der Waals surface area contributed by atoms with Crippen molar-refractivity contribution in [3.8, 4) is 0 Å². The highest BCUT2D eigenvalue weighted by molar-refractivity contribution is 6.30. The molecule has 0 spiro atoms. The van der Waals surface area contributed by atoms with E-state index in [-0.39, 0.29) is 5.92 Å². The van der Waals surface area contributed by atoms with Gasteiger partial charge in [-0.05, 0) is 55.5 Å². The standard InChI is InChI=1S/C21H20ClF2NO/c1-12(26)16-3-2-4-17-18-9-15(23)10-19(24)21(18)25(20(16)17)11-13-5-7-14(22)8-6-13/h5-10,12,16,26H,2-4,11H2,1H3. The van der Waals surface area contributed by atoms with E-state index in [1.54, 1.807) is 19.1 Å². The van der Waals surface area contributed by atoms with Crippen LogP contribution in [-0.2, 0) is 13.0 Å². The van der Waals surface area contributed by atoms with Gasteiger partial charge in [-0.1, -0.05) is 23.7 Å². The van der Waals surface area contributed by atoms with Crippen LogP contribution in [0.2, 0.25) is 5.02 Å². The van der Waals surface area contributed by atoms with Crippen LogP contribution < -0.4 is 0 Å². The summed E-state index contributed by atoms with van der Waals surface area (Å²) in [4.78, 5) is 0. The van der Waals surface area contributed by atoms with Crippen molar-refractivity contribution in [3.63, 3.8) is 0 Å². The number of aryl methyl sites for hydroxylation is 1. The van der Waals surface area contributed by atoms with E-state index < -0.39 is 17.7 Å². The van der Waals surface area contributed by atoms with Crippen LogP contribution >= 0.6 is 11.6 Å². The Morgan fingerprint density at radius 1 is 1.23 bits per heavy atom. The molecule has 2 aromatic carbocycles. The normalized spacial score (nSPS) is 18.1. The second-order valence-electron chi connectivity index (χ2n) is 7.10. The van der Waals surface area contributed by atoms with Crippen LogP contribution in [0.5, 0.6) is 0 Å². The summed E-state index contributed by atoms with van der Waals surface area (Å²) >= 11 is 5.97. The van der Waals surface area contributed by atoms with Gasteiger partial charge >= 0.3 is 0 Å². The average Bonchev–Trinajstić information content (AvgIpc) is 2.91. The molecule has 2 unspecified atom stereocenters. The summed E-state index contributed by atoms with van der Waals surface area (Å²) in [5.74, 6) is -1.21. The van der Waals surface area contributed by atoms with Gasteiger partial charge in [0.15, 0.2) is 0 Å². The molecule has 1 aliphatic rings. The fraction of sp³-hybridized carbons (Fsp3) is 0.333. The maximum Gasteiger partial charge on any atom is 0.150 e. The number of fused-ring (bicyclic) bond motifs is 3. The number of halogens is 3. The average molecular weight is 376 g/mol. The fourth-order valence-electron chi connectivity index (χ4n) is 4.22. The summed E-state index contributed by atoms with van der Waals surface area (Å²) < 4.78 is 30.6. The molecule has 3 aromatic rings. The summed E-state index contributed by atoms with van der Waals surface area (Å²) in [6.45, 7) is 2.22. The molecule has 0 bridgehead atoms. The molecular formula is C21H20ClF2NO. The molecule has 1 aromatic heterocycles. The van der Waals surface area contributed by atoms with Gasteiger partial charge in [-0.25, -0.2) is 8.78 Å². The van der Waals surface area contributed by atoms with E-state index in [0.29, 0.717) is 22.5 Å².